The van der Waals surface area contributed by atoms with Crippen molar-refractivity contribution in [3.63, 3.8) is 0 Å². The van der Waals surface area contributed by atoms with Crippen LogP contribution in [0.3, 0.4) is 0 Å². The predicted octanol–water partition coefficient (Wildman–Crippen LogP) is 3.31. The number of rotatable bonds is 1. The van der Waals surface area contributed by atoms with E-state index in [1.807, 2.05) is 6.20 Å². The molecule has 2 aromatic rings. The van der Waals surface area contributed by atoms with Gasteiger partial charge in [0.25, 0.3) is 0 Å². The van der Waals surface area contributed by atoms with Gasteiger partial charge in [-0.05, 0) is 30.4 Å². The van der Waals surface area contributed by atoms with Crippen LogP contribution in [0.25, 0.3) is 5.69 Å². The summed E-state index contributed by atoms with van der Waals surface area (Å²) in [6.07, 6.45) is 7.48. The molecule has 0 radical (unpaired) electrons. The number of aromatic nitrogens is 2. The highest BCUT2D eigenvalue weighted by atomic mass is 15.1. The fourth-order valence-corrected chi connectivity index (χ4v) is 2.67. The van der Waals surface area contributed by atoms with E-state index in [0.717, 1.165) is 6.42 Å². The summed E-state index contributed by atoms with van der Waals surface area (Å²) < 4.78 is 2.24. The van der Waals surface area contributed by atoms with Gasteiger partial charge in [0.2, 0.25) is 0 Å². The lowest BCUT2D eigenvalue weighted by Gasteiger charge is -2.15. The Kier molecular flexibility index (Phi) is 2.28. The number of para-hydroxylation sites is 1. The van der Waals surface area contributed by atoms with Gasteiger partial charge in [0.05, 0.1) is 5.69 Å². The van der Waals surface area contributed by atoms with Crippen LogP contribution in [-0.4, -0.2) is 9.55 Å². The molecule has 1 aliphatic rings. The lowest BCUT2D eigenvalue weighted by Crippen LogP contribution is -2.00. The first kappa shape index (κ1) is 9.64. The molecule has 0 fully saturated rings. The molecule has 1 aromatic carbocycles. The summed E-state index contributed by atoms with van der Waals surface area (Å²) in [6, 6.07) is 8.72. The fraction of sp³-hybridized carbons (Fsp3) is 0.357. The fourth-order valence-electron chi connectivity index (χ4n) is 2.67. The number of aryl methyl sites for hydroxylation is 1. The Balaban J connectivity index is 2.22. The van der Waals surface area contributed by atoms with Crippen molar-refractivity contribution in [1.29, 1.82) is 0 Å². The van der Waals surface area contributed by atoms with Crippen LogP contribution >= 0.6 is 0 Å². The maximum atomic E-state index is 4.45. The van der Waals surface area contributed by atoms with E-state index in [9.17, 15) is 0 Å². The Morgan fingerprint density at radius 3 is 3.12 bits per heavy atom. The minimum Gasteiger partial charge on any atom is -0.303 e. The third-order valence-corrected chi connectivity index (χ3v) is 3.56. The monoisotopic (exact) mass is 212 g/mol. The Morgan fingerprint density at radius 1 is 1.38 bits per heavy atom. The van der Waals surface area contributed by atoms with E-state index < -0.39 is 0 Å². The number of imidazole rings is 1. The molecule has 3 rings (SSSR count). The second kappa shape index (κ2) is 3.78. The highest BCUT2D eigenvalue weighted by molar-refractivity contribution is 5.45. The molecular formula is C14H16N2. The van der Waals surface area contributed by atoms with Crippen molar-refractivity contribution in [1.82, 2.24) is 9.55 Å². The van der Waals surface area contributed by atoms with Gasteiger partial charge in [-0.15, -0.1) is 0 Å². The molecule has 0 amide bonds. The van der Waals surface area contributed by atoms with Crippen molar-refractivity contribution in [3.8, 4) is 5.69 Å². The van der Waals surface area contributed by atoms with E-state index in [0.29, 0.717) is 5.92 Å². The van der Waals surface area contributed by atoms with E-state index in [1.54, 1.807) is 0 Å². The summed E-state index contributed by atoms with van der Waals surface area (Å²) in [5.74, 6) is 1.88. The van der Waals surface area contributed by atoms with Crippen molar-refractivity contribution in [2.24, 2.45) is 0 Å². The number of hydrogen-bond acceptors (Lipinski definition) is 1. The van der Waals surface area contributed by atoms with Crippen molar-refractivity contribution in [2.75, 3.05) is 0 Å². The van der Waals surface area contributed by atoms with E-state index in [-0.39, 0.29) is 0 Å². The van der Waals surface area contributed by atoms with Crippen molar-refractivity contribution >= 4 is 0 Å². The van der Waals surface area contributed by atoms with Crippen LogP contribution in [0.1, 0.15) is 37.1 Å². The Labute approximate surface area is 95.9 Å². The van der Waals surface area contributed by atoms with Gasteiger partial charge in [-0.1, -0.05) is 25.1 Å². The molecule has 16 heavy (non-hydrogen) atoms. The molecule has 0 spiro atoms. The lowest BCUT2D eigenvalue weighted by atomic mass is 9.92. The van der Waals surface area contributed by atoms with Gasteiger partial charge in [0, 0.05) is 18.8 Å². The molecular weight excluding hydrogens is 196 g/mol. The van der Waals surface area contributed by atoms with Gasteiger partial charge in [0.15, 0.2) is 0 Å². The first-order valence-electron chi connectivity index (χ1n) is 6.01. The minimum atomic E-state index is 0.679. The van der Waals surface area contributed by atoms with Crippen LogP contribution in [0.2, 0.25) is 0 Å². The van der Waals surface area contributed by atoms with Crippen LogP contribution in [-0.2, 0) is 6.42 Å². The van der Waals surface area contributed by atoms with E-state index in [1.165, 1.54) is 29.9 Å². The molecule has 1 atom stereocenters. The maximum Gasteiger partial charge on any atom is 0.113 e. The average molecular weight is 212 g/mol. The van der Waals surface area contributed by atoms with Gasteiger partial charge >= 0.3 is 0 Å². The van der Waals surface area contributed by atoms with Crippen LogP contribution < -0.4 is 0 Å². The second-order valence-corrected chi connectivity index (χ2v) is 4.42. The highest BCUT2D eigenvalue weighted by Gasteiger charge is 2.20. The maximum absolute atomic E-state index is 4.45. The standard InChI is InChI=1S/C14H16N2/c1-2-11-7-8-14-15-9-10-16(14)13-6-4-3-5-12(11)13/h3-6,9-11H,2,7-8H2,1H3. The van der Waals surface area contributed by atoms with Crippen molar-refractivity contribution in [2.45, 2.75) is 32.1 Å². The third kappa shape index (κ3) is 1.37. The molecule has 82 valence electrons. The minimum absolute atomic E-state index is 0.679. The summed E-state index contributed by atoms with van der Waals surface area (Å²) in [5.41, 5.74) is 2.79. The second-order valence-electron chi connectivity index (χ2n) is 4.42. The van der Waals surface area contributed by atoms with Gasteiger partial charge in [0.1, 0.15) is 5.82 Å². The van der Waals surface area contributed by atoms with Crippen LogP contribution in [0, 0.1) is 0 Å². The first-order chi connectivity index (χ1) is 7.90. The SMILES string of the molecule is CCC1CCc2nccn2-c2ccccc21. The van der Waals surface area contributed by atoms with Gasteiger partial charge in [-0.2, -0.15) is 0 Å². The summed E-state index contributed by atoms with van der Waals surface area (Å²) >= 11 is 0. The van der Waals surface area contributed by atoms with Crippen LogP contribution in [0.15, 0.2) is 36.7 Å². The molecule has 1 aliphatic heterocycles. The lowest BCUT2D eigenvalue weighted by molar-refractivity contribution is 0.607. The summed E-state index contributed by atoms with van der Waals surface area (Å²) in [6.45, 7) is 2.27. The van der Waals surface area contributed by atoms with Crippen molar-refractivity contribution < 1.29 is 0 Å². The zero-order valence-corrected chi connectivity index (χ0v) is 9.56. The number of hydrogen-bond donors (Lipinski definition) is 0. The summed E-state index contributed by atoms with van der Waals surface area (Å²) in [5, 5.41) is 0. The summed E-state index contributed by atoms with van der Waals surface area (Å²) in [7, 11) is 0. The Morgan fingerprint density at radius 2 is 2.25 bits per heavy atom. The van der Waals surface area contributed by atoms with Crippen LogP contribution in [0.4, 0.5) is 0 Å². The Hall–Kier alpha value is -1.57. The number of fused-ring (bicyclic) bond motifs is 3. The molecule has 2 heteroatoms. The number of nitrogens with zero attached hydrogens (tertiary/aromatic N) is 2. The Bertz CT molecular complexity index is 499. The molecule has 0 bridgehead atoms. The zero-order chi connectivity index (χ0) is 11.0. The molecule has 0 saturated carbocycles. The zero-order valence-electron chi connectivity index (χ0n) is 9.56. The number of benzene rings is 1. The quantitative estimate of drug-likeness (QED) is 0.709. The molecule has 1 aromatic heterocycles. The molecule has 0 saturated heterocycles. The topological polar surface area (TPSA) is 17.8 Å². The average Bonchev–Trinajstić information content (AvgIpc) is 2.73. The van der Waals surface area contributed by atoms with Crippen LogP contribution in [0.5, 0.6) is 0 Å². The highest BCUT2D eigenvalue weighted by Crippen LogP contribution is 2.33. The molecule has 2 nitrogen and oxygen atoms in total. The molecule has 0 aliphatic carbocycles. The van der Waals surface area contributed by atoms with Gasteiger partial charge < -0.3 is 4.57 Å². The van der Waals surface area contributed by atoms with E-state index in [4.69, 9.17) is 0 Å². The van der Waals surface area contributed by atoms with Gasteiger partial charge in [-0.3, -0.25) is 0 Å². The molecule has 0 N–H and O–H groups in total. The smallest absolute Gasteiger partial charge is 0.113 e. The van der Waals surface area contributed by atoms with Gasteiger partial charge in [-0.25, -0.2) is 4.98 Å². The van der Waals surface area contributed by atoms with E-state index >= 15 is 0 Å². The van der Waals surface area contributed by atoms with Crippen molar-refractivity contribution in [3.05, 3.63) is 48.0 Å². The predicted molar refractivity (Wildman–Crippen MR) is 64.9 cm³/mol. The normalized spacial score (nSPS) is 18.7. The summed E-state index contributed by atoms with van der Waals surface area (Å²) in [4.78, 5) is 4.45. The molecule has 1 unspecified atom stereocenters. The first-order valence-corrected chi connectivity index (χ1v) is 6.01. The molecule has 2 heterocycles. The largest absolute Gasteiger partial charge is 0.303 e. The van der Waals surface area contributed by atoms with E-state index in [2.05, 4.69) is 46.9 Å². The third-order valence-electron chi connectivity index (χ3n) is 3.56.